The molecule has 2 aromatic rings. The number of aliphatic hydroxyl groups excluding tert-OH is 1. The van der Waals surface area contributed by atoms with E-state index in [1.54, 1.807) is 30.9 Å². The molecule has 0 bridgehead atoms. The highest BCUT2D eigenvalue weighted by Crippen LogP contribution is 2.49. The zero-order valence-electron chi connectivity index (χ0n) is 23.9. The number of carbonyl (C=O) groups is 2. The van der Waals surface area contributed by atoms with Gasteiger partial charge in [0.15, 0.2) is 0 Å². The Morgan fingerprint density at radius 2 is 1.72 bits per heavy atom. The lowest BCUT2D eigenvalue weighted by Gasteiger charge is -2.48. The van der Waals surface area contributed by atoms with Crippen molar-refractivity contribution in [1.29, 1.82) is 0 Å². The molecular formula is C29H39F3N2O4Si. The van der Waals surface area contributed by atoms with Gasteiger partial charge in [0.05, 0.1) is 31.9 Å². The number of nitrogens with zero attached hydrogens (tertiary/aromatic N) is 1. The van der Waals surface area contributed by atoms with Crippen LogP contribution in [0.4, 0.5) is 24.5 Å². The van der Waals surface area contributed by atoms with Gasteiger partial charge in [0.1, 0.15) is 6.23 Å². The van der Waals surface area contributed by atoms with Gasteiger partial charge in [-0.2, -0.15) is 13.2 Å². The molecule has 0 aromatic heterocycles. The van der Waals surface area contributed by atoms with E-state index in [1.165, 1.54) is 19.2 Å². The first-order valence-electron chi connectivity index (χ1n) is 13.1. The molecule has 2 atom stereocenters. The molecule has 3 rings (SSSR count). The van der Waals surface area contributed by atoms with Gasteiger partial charge in [0, 0.05) is 17.9 Å². The maximum atomic E-state index is 14.0. The van der Waals surface area contributed by atoms with E-state index in [1.807, 2.05) is 0 Å². The molecule has 214 valence electrons. The van der Waals surface area contributed by atoms with Crippen molar-refractivity contribution in [3.8, 4) is 0 Å². The first kappa shape index (κ1) is 30.7. The monoisotopic (exact) mass is 564 g/mol. The molecule has 0 saturated carbocycles. The number of methoxy groups -OCH3 is 1. The van der Waals surface area contributed by atoms with E-state index in [-0.39, 0.29) is 16.3 Å². The normalized spacial score (nSPS) is 18.6. The van der Waals surface area contributed by atoms with E-state index in [4.69, 9.17) is 4.74 Å². The van der Waals surface area contributed by atoms with Crippen molar-refractivity contribution >= 4 is 31.3 Å². The average molecular weight is 565 g/mol. The Hall–Kier alpha value is -2.85. The molecule has 39 heavy (non-hydrogen) atoms. The van der Waals surface area contributed by atoms with Crippen LogP contribution in [-0.4, -0.2) is 44.9 Å². The Morgan fingerprint density at radius 1 is 1.08 bits per heavy atom. The first-order valence-corrected chi connectivity index (χ1v) is 16.1. The number of nitrogens with one attached hydrogen (secondary N) is 1. The number of anilines is 2. The lowest BCUT2D eigenvalue weighted by atomic mass is 10.00. The summed E-state index contributed by atoms with van der Waals surface area (Å²) < 4.78 is 46.7. The van der Waals surface area contributed by atoms with Crippen molar-refractivity contribution in [2.75, 3.05) is 23.9 Å². The molecule has 10 heteroatoms. The minimum Gasteiger partial charge on any atom is -0.465 e. The van der Waals surface area contributed by atoms with Gasteiger partial charge in [-0.15, -0.1) is 0 Å². The third-order valence-corrected chi connectivity index (χ3v) is 15.2. The number of amides is 1. The second kappa shape index (κ2) is 11.0. The summed E-state index contributed by atoms with van der Waals surface area (Å²) in [4.78, 5) is 27.1. The van der Waals surface area contributed by atoms with Gasteiger partial charge in [-0.05, 0) is 72.7 Å². The summed E-state index contributed by atoms with van der Waals surface area (Å²) in [6.07, 6.45) is -4.30. The molecule has 2 aromatic carbocycles. The van der Waals surface area contributed by atoms with Gasteiger partial charge in [0.25, 0.3) is 5.91 Å². The fraction of sp³-hybridized carbons (Fsp3) is 0.517. The number of aliphatic hydroxyl groups is 1. The fourth-order valence-corrected chi connectivity index (χ4v) is 8.09. The molecule has 2 unspecified atom stereocenters. The predicted octanol–water partition coefficient (Wildman–Crippen LogP) is 7.16. The number of ether oxygens (including phenoxy) is 1. The predicted molar refractivity (Wildman–Crippen MR) is 150 cm³/mol. The molecule has 0 aliphatic carbocycles. The van der Waals surface area contributed by atoms with Crippen molar-refractivity contribution in [3.05, 3.63) is 58.1 Å². The highest BCUT2D eigenvalue weighted by Gasteiger charge is 2.45. The van der Waals surface area contributed by atoms with E-state index in [0.29, 0.717) is 35.3 Å². The molecule has 1 fully saturated rings. The molecular weight excluding hydrogens is 525 g/mol. The van der Waals surface area contributed by atoms with Crippen LogP contribution in [0.5, 0.6) is 0 Å². The number of rotatable bonds is 5. The summed E-state index contributed by atoms with van der Waals surface area (Å²) in [6.45, 7) is 15.1. The van der Waals surface area contributed by atoms with E-state index >= 15 is 0 Å². The number of hydrogen-bond acceptors (Lipinski definition) is 5. The van der Waals surface area contributed by atoms with Crippen LogP contribution < -0.4 is 10.2 Å². The van der Waals surface area contributed by atoms with E-state index in [9.17, 15) is 27.9 Å². The van der Waals surface area contributed by atoms with Crippen LogP contribution in [-0.2, 0) is 10.9 Å². The number of carbonyl (C=O) groups excluding carboxylic acids is 2. The summed E-state index contributed by atoms with van der Waals surface area (Å²) in [6, 6.07) is 6.54. The molecule has 1 aliphatic rings. The van der Waals surface area contributed by atoms with Crippen LogP contribution >= 0.6 is 0 Å². The number of halogens is 3. The number of esters is 1. The number of hydrogen-bond donors (Lipinski definition) is 2. The maximum Gasteiger partial charge on any atom is 0.417 e. The molecule has 0 radical (unpaired) electrons. The summed E-state index contributed by atoms with van der Waals surface area (Å²) in [5.74, 6) is -1.57. The Kier molecular flexibility index (Phi) is 8.62. The van der Waals surface area contributed by atoms with Crippen LogP contribution in [0.2, 0.25) is 23.7 Å². The number of benzene rings is 2. The van der Waals surface area contributed by atoms with Gasteiger partial charge >= 0.3 is 12.1 Å². The SMILES string of the molecule is COC(=O)c1ccc(C)c(NC(=O)c2cc(N3CCC([Si](C)(C)C(C)(C)C)CC3O)ccc2C(F)(F)F)c1C. The molecule has 2 N–H and O–H groups in total. The molecule has 0 spiro atoms. The second-order valence-electron chi connectivity index (χ2n) is 12.0. The zero-order chi connectivity index (χ0) is 29.5. The third-order valence-electron chi connectivity index (χ3n) is 8.73. The molecule has 1 aliphatic heterocycles. The summed E-state index contributed by atoms with van der Waals surface area (Å²) in [5, 5.41) is 13.8. The van der Waals surface area contributed by atoms with Crippen LogP contribution in [0, 0.1) is 13.8 Å². The van der Waals surface area contributed by atoms with Crippen molar-refractivity contribution in [1.82, 2.24) is 0 Å². The minimum atomic E-state index is -4.77. The minimum absolute atomic E-state index is 0.139. The molecule has 1 saturated heterocycles. The van der Waals surface area contributed by atoms with E-state index in [2.05, 4.69) is 39.2 Å². The average Bonchev–Trinajstić information content (AvgIpc) is 2.84. The maximum absolute atomic E-state index is 14.0. The van der Waals surface area contributed by atoms with E-state index in [0.717, 1.165) is 12.5 Å². The highest BCUT2D eigenvalue weighted by molar-refractivity contribution is 6.81. The largest absolute Gasteiger partial charge is 0.465 e. The van der Waals surface area contributed by atoms with E-state index < -0.39 is 43.5 Å². The Balaban J connectivity index is 1.97. The fourth-order valence-electron chi connectivity index (χ4n) is 5.21. The number of aryl methyl sites for hydroxylation is 1. The van der Waals surface area contributed by atoms with Gasteiger partial charge in [-0.1, -0.05) is 39.9 Å². The summed E-state index contributed by atoms with van der Waals surface area (Å²) >= 11 is 0. The van der Waals surface area contributed by atoms with Crippen molar-refractivity contribution in [3.63, 3.8) is 0 Å². The van der Waals surface area contributed by atoms with Gasteiger partial charge in [-0.25, -0.2) is 4.79 Å². The lowest BCUT2D eigenvalue weighted by molar-refractivity contribution is -0.137. The standard InChI is InChI=1S/C29H39F3N2O4Si/c1-17-9-11-21(27(37)38-6)18(2)25(17)33-26(36)22-15-19(10-12-23(22)29(30,31)32)34-14-13-20(16-24(34)35)39(7,8)28(3,4)5/h9-12,15,20,24,35H,13-14,16H2,1-8H3,(H,33,36). The zero-order valence-corrected chi connectivity index (χ0v) is 24.9. The molecule has 1 heterocycles. The molecule has 6 nitrogen and oxygen atoms in total. The number of alkyl halides is 3. The summed E-state index contributed by atoms with van der Waals surface area (Å²) in [7, 11) is -0.515. The van der Waals surface area contributed by atoms with Crippen molar-refractivity contribution in [2.24, 2.45) is 0 Å². The lowest BCUT2D eigenvalue weighted by Crippen LogP contribution is -2.50. The summed E-state index contributed by atoms with van der Waals surface area (Å²) in [5.41, 5.74) is 0.506. The van der Waals surface area contributed by atoms with Crippen molar-refractivity contribution < 1.29 is 32.6 Å². The highest BCUT2D eigenvalue weighted by atomic mass is 28.3. The van der Waals surface area contributed by atoms with Gasteiger partial charge in [-0.3, -0.25) is 4.79 Å². The topological polar surface area (TPSA) is 78.9 Å². The quantitative estimate of drug-likeness (QED) is 0.298. The second-order valence-corrected chi connectivity index (χ2v) is 17.7. The first-order chi connectivity index (χ1) is 17.9. The van der Waals surface area contributed by atoms with Crippen molar-refractivity contribution in [2.45, 2.75) is 83.5 Å². The molecule has 1 amide bonds. The number of piperidine rings is 1. The van der Waals surface area contributed by atoms with Crippen LogP contribution in [0.25, 0.3) is 0 Å². The Bertz CT molecular complexity index is 1250. The Labute approximate surface area is 229 Å². The Morgan fingerprint density at radius 3 is 2.26 bits per heavy atom. The van der Waals surface area contributed by atoms with Crippen LogP contribution in [0.15, 0.2) is 30.3 Å². The van der Waals surface area contributed by atoms with Gasteiger partial charge < -0.3 is 20.1 Å². The van der Waals surface area contributed by atoms with Crippen LogP contribution in [0.1, 0.15) is 71.0 Å². The smallest absolute Gasteiger partial charge is 0.417 e. The van der Waals surface area contributed by atoms with Crippen LogP contribution in [0.3, 0.4) is 0 Å². The third kappa shape index (κ3) is 6.16. The van der Waals surface area contributed by atoms with Gasteiger partial charge in [0.2, 0.25) is 0 Å².